The summed E-state index contributed by atoms with van der Waals surface area (Å²) in [4.78, 5) is 35.1. The lowest BCUT2D eigenvalue weighted by molar-refractivity contribution is -0.131. The highest BCUT2D eigenvalue weighted by molar-refractivity contribution is 5.87. The van der Waals surface area contributed by atoms with Crippen molar-refractivity contribution in [2.75, 3.05) is 31.9 Å². The number of nitrogen functional groups attached to an aromatic ring is 1. The maximum atomic E-state index is 12.0. The molecular weight excluding hydrogens is 524 g/mol. The first kappa shape index (κ1) is 26.0. The van der Waals surface area contributed by atoms with Crippen molar-refractivity contribution in [3.05, 3.63) is 97.3 Å². The van der Waals surface area contributed by atoms with E-state index < -0.39 is 0 Å². The summed E-state index contributed by atoms with van der Waals surface area (Å²) in [5.74, 6) is 1.77. The van der Waals surface area contributed by atoms with Gasteiger partial charge in [0.2, 0.25) is 5.91 Å². The Labute approximate surface area is 244 Å². The summed E-state index contributed by atoms with van der Waals surface area (Å²) >= 11 is 0. The molecular formula is C33H32N8O. The molecule has 5 aromatic rings. The van der Waals surface area contributed by atoms with Crippen molar-refractivity contribution in [2.45, 2.75) is 19.4 Å². The number of amides is 1. The third kappa shape index (κ3) is 4.71. The summed E-state index contributed by atoms with van der Waals surface area (Å²) in [5, 5.41) is 0. The number of pyridine rings is 1. The number of imidazole rings is 1. The van der Waals surface area contributed by atoms with E-state index in [0.717, 1.165) is 62.4 Å². The molecule has 0 aliphatic carbocycles. The van der Waals surface area contributed by atoms with E-state index in [1.54, 1.807) is 12.4 Å². The average Bonchev–Trinajstić information content (AvgIpc) is 3.40. The Balaban J connectivity index is 1.15. The fourth-order valence-electron chi connectivity index (χ4n) is 6.30. The van der Waals surface area contributed by atoms with Crippen LogP contribution in [0.3, 0.4) is 0 Å². The molecule has 0 bridgehead atoms. The van der Waals surface area contributed by atoms with Gasteiger partial charge in [0.05, 0.1) is 11.8 Å². The standard InChI is InChI=1S/C33H32N8O/c1-2-28(42)40-17-14-33(15-18-40)21-39(22-33)20-23-10-12-25(13-11-23)41-31(26-9-6-16-35-29(26)34)37-27-19-36-30(38-32(27)41)24-7-4-3-5-8-24/h2-13,16,19H,1,14-15,17-18,20-22H2,(H2,34,35). The summed E-state index contributed by atoms with van der Waals surface area (Å²) in [6.07, 6.45) is 6.98. The third-order valence-electron chi connectivity index (χ3n) is 8.54. The molecule has 2 aliphatic rings. The first-order valence-corrected chi connectivity index (χ1v) is 14.3. The monoisotopic (exact) mass is 556 g/mol. The van der Waals surface area contributed by atoms with Crippen molar-refractivity contribution in [1.82, 2.24) is 34.3 Å². The van der Waals surface area contributed by atoms with Gasteiger partial charge in [-0.05, 0) is 54.2 Å². The number of carbonyl (C=O) groups is 1. The van der Waals surface area contributed by atoms with Crippen LogP contribution in [0.2, 0.25) is 0 Å². The van der Waals surface area contributed by atoms with E-state index >= 15 is 0 Å². The van der Waals surface area contributed by atoms with E-state index in [4.69, 9.17) is 15.7 Å². The first-order chi connectivity index (χ1) is 20.5. The van der Waals surface area contributed by atoms with E-state index in [0.29, 0.717) is 34.0 Å². The van der Waals surface area contributed by atoms with Crippen LogP contribution in [-0.4, -0.2) is 66.4 Å². The fourth-order valence-corrected chi connectivity index (χ4v) is 6.30. The van der Waals surface area contributed by atoms with Crippen molar-refractivity contribution < 1.29 is 4.79 Å². The second kappa shape index (κ2) is 10.5. The molecule has 1 spiro atoms. The van der Waals surface area contributed by atoms with Gasteiger partial charge < -0.3 is 10.6 Å². The third-order valence-corrected chi connectivity index (χ3v) is 8.54. The number of hydrogen-bond donors (Lipinski definition) is 1. The Bertz CT molecular complexity index is 1760. The van der Waals surface area contributed by atoms with E-state index in [2.05, 4.69) is 45.7 Å². The van der Waals surface area contributed by atoms with Gasteiger partial charge in [-0.2, -0.15) is 0 Å². The lowest BCUT2D eigenvalue weighted by atomic mass is 9.72. The fraction of sp³-hybridized carbons (Fsp3) is 0.242. The first-order valence-electron chi connectivity index (χ1n) is 14.3. The van der Waals surface area contributed by atoms with Crippen LogP contribution in [-0.2, 0) is 11.3 Å². The van der Waals surface area contributed by atoms with Crippen LogP contribution in [0.4, 0.5) is 5.82 Å². The maximum Gasteiger partial charge on any atom is 0.245 e. The number of carbonyl (C=O) groups excluding carboxylic acids is 1. The van der Waals surface area contributed by atoms with E-state index in [1.165, 1.54) is 11.6 Å². The van der Waals surface area contributed by atoms with E-state index in [1.807, 2.05) is 51.9 Å². The second-order valence-corrected chi connectivity index (χ2v) is 11.3. The quantitative estimate of drug-likeness (QED) is 0.301. The van der Waals surface area contributed by atoms with Gasteiger partial charge in [0, 0.05) is 50.2 Å². The molecule has 9 heteroatoms. The van der Waals surface area contributed by atoms with Crippen LogP contribution in [0, 0.1) is 5.41 Å². The van der Waals surface area contributed by atoms with Crippen LogP contribution in [0.5, 0.6) is 0 Å². The molecule has 0 atom stereocenters. The molecule has 42 heavy (non-hydrogen) atoms. The lowest BCUT2D eigenvalue weighted by Crippen LogP contribution is -2.60. The summed E-state index contributed by atoms with van der Waals surface area (Å²) in [6, 6.07) is 22.3. The summed E-state index contributed by atoms with van der Waals surface area (Å²) in [7, 11) is 0. The highest BCUT2D eigenvalue weighted by Crippen LogP contribution is 2.41. The normalized spacial score (nSPS) is 16.4. The molecule has 2 aromatic carbocycles. The van der Waals surface area contributed by atoms with Crippen LogP contribution >= 0.6 is 0 Å². The molecule has 2 aliphatic heterocycles. The number of nitrogens with zero attached hydrogens (tertiary/aromatic N) is 7. The van der Waals surface area contributed by atoms with Crippen molar-refractivity contribution in [2.24, 2.45) is 5.41 Å². The Morgan fingerprint density at radius 3 is 2.43 bits per heavy atom. The highest BCUT2D eigenvalue weighted by Gasteiger charge is 2.44. The van der Waals surface area contributed by atoms with E-state index in [9.17, 15) is 4.79 Å². The lowest BCUT2D eigenvalue weighted by Gasteiger charge is -2.54. The minimum Gasteiger partial charge on any atom is -0.383 e. The van der Waals surface area contributed by atoms with Crippen LogP contribution < -0.4 is 5.73 Å². The number of nitrogens with two attached hydrogens (primary N) is 1. The number of likely N-dealkylation sites (tertiary alicyclic amines) is 2. The largest absolute Gasteiger partial charge is 0.383 e. The molecule has 210 valence electrons. The molecule has 0 unspecified atom stereocenters. The Morgan fingerprint density at radius 2 is 1.71 bits per heavy atom. The smallest absolute Gasteiger partial charge is 0.245 e. The van der Waals surface area contributed by atoms with Gasteiger partial charge in [-0.1, -0.05) is 49.0 Å². The average molecular weight is 557 g/mol. The number of rotatable bonds is 6. The highest BCUT2D eigenvalue weighted by atomic mass is 16.2. The number of aromatic nitrogens is 5. The van der Waals surface area contributed by atoms with Gasteiger partial charge in [0.25, 0.3) is 0 Å². The Kier molecular flexibility index (Phi) is 6.51. The Morgan fingerprint density at radius 1 is 0.952 bits per heavy atom. The topological polar surface area (TPSA) is 106 Å². The molecule has 5 heterocycles. The second-order valence-electron chi connectivity index (χ2n) is 11.3. The molecule has 0 saturated carbocycles. The van der Waals surface area contributed by atoms with Crippen LogP contribution in [0.25, 0.3) is 39.6 Å². The number of benzene rings is 2. The molecule has 7 rings (SSSR count). The summed E-state index contributed by atoms with van der Waals surface area (Å²) in [5.41, 5.74) is 11.9. The molecule has 0 radical (unpaired) electrons. The van der Waals surface area contributed by atoms with Crippen LogP contribution in [0.1, 0.15) is 18.4 Å². The predicted octanol–water partition coefficient (Wildman–Crippen LogP) is 4.74. The van der Waals surface area contributed by atoms with Gasteiger partial charge >= 0.3 is 0 Å². The van der Waals surface area contributed by atoms with Crippen molar-refractivity contribution in [3.8, 4) is 28.5 Å². The van der Waals surface area contributed by atoms with Gasteiger partial charge in [-0.3, -0.25) is 14.3 Å². The zero-order valence-electron chi connectivity index (χ0n) is 23.4. The summed E-state index contributed by atoms with van der Waals surface area (Å²) in [6.45, 7) is 8.31. The molecule has 2 N–H and O–H groups in total. The van der Waals surface area contributed by atoms with Gasteiger partial charge in [0.15, 0.2) is 17.3 Å². The number of fused-ring (bicyclic) bond motifs is 1. The van der Waals surface area contributed by atoms with E-state index in [-0.39, 0.29) is 5.91 Å². The number of piperidine rings is 1. The maximum absolute atomic E-state index is 12.0. The number of anilines is 1. The van der Waals surface area contributed by atoms with Gasteiger partial charge in [-0.25, -0.2) is 19.9 Å². The van der Waals surface area contributed by atoms with Gasteiger partial charge in [0.1, 0.15) is 11.3 Å². The zero-order chi connectivity index (χ0) is 28.7. The van der Waals surface area contributed by atoms with Crippen molar-refractivity contribution >= 4 is 22.9 Å². The predicted molar refractivity (Wildman–Crippen MR) is 163 cm³/mol. The SMILES string of the molecule is C=CC(=O)N1CCC2(CC1)CN(Cc1ccc(-n3c(-c4cccnc4N)nc4cnc(-c5ccccc5)nc43)cc1)C2. The minimum atomic E-state index is 0.0453. The molecule has 9 nitrogen and oxygen atoms in total. The van der Waals surface area contributed by atoms with Crippen LogP contribution in [0.15, 0.2) is 91.8 Å². The molecule has 3 aromatic heterocycles. The molecule has 2 fully saturated rings. The number of hydrogen-bond acceptors (Lipinski definition) is 7. The van der Waals surface area contributed by atoms with Crippen molar-refractivity contribution in [1.29, 1.82) is 0 Å². The summed E-state index contributed by atoms with van der Waals surface area (Å²) < 4.78 is 2.04. The minimum absolute atomic E-state index is 0.0453. The zero-order valence-corrected chi connectivity index (χ0v) is 23.4. The molecule has 2 saturated heterocycles. The van der Waals surface area contributed by atoms with Crippen molar-refractivity contribution in [3.63, 3.8) is 0 Å². The molecule has 1 amide bonds. The van der Waals surface area contributed by atoms with Gasteiger partial charge in [-0.15, -0.1) is 0 Å². The Hall–Kier alpha value is -4.89.